The molecule has 1 rings (SSSR count). The van der Waals surface area contributed by atoms with Crippen molar-refractivity contribution < 1.29 is 9.13 Å². The molecule has 1 aromatic carbocycles. The molecular weight excluding hydrogens is 145 g/mol. The van der Waals surface area contributed by atoms with E-state index >= 15 is 0 Å². The van der Waals surface area contributed by atoms with E-state index in [9.17, 15) is 4.39 Å². The van der Waals surface area contributed by atoms with Crippen molar-refractivity contribution in [3.05, 3.63) is 29.6 Å². The summed E-state index contributed by atoms with van der Waals surface area (Å²) in [5, 5.41) is 8.45. The van der Waals surface area contributed by atoms with E-state index in [0.717, 1.165) is 6.07 Å². The largest absolute Gasteiger partial charge is 0.495 e. The summed E-state index contributed by atoms with van der Waals surface area (Å²) in [5.74, 6) is -0.389. The van der Waals surface area contributed by atoms with Crippen LogP contribution in [0.3, 0.4) is 0 Å². The van der Waals surface area contributed by atoms with Gasteiger partial charge in [-0.25, -0.2) is 4.39 Å². The van der Waals surface area contributed by atoms with Crippen LogP contribution in [-0.4, -0.2) is 7.11 Å². The average molecular weight is 150 g/mol. The summed E-state index contributed by atoms with van der Waals surface area (Å²) >= 11 is 0. The highest BCUT2D eigenvalue weighted by molar-refractivity contribution is 5.43. The fraction of sp³-hybridized carbons (Fsp3) is 0.125. The second-order valence-corrected chi connectivity index (χ2v) is 1.86. The Hall–Kier alpha value is -1.56. The van der Waals surface area contributed by atoms with E-state index in [4.69, 9.17) is 10.00 Å². The molecule has 0 aliphatic carbocycles. The first kappa shape index (κ1) is 7.55. The van der Waals surface area contributed by atoms with Crippen LogP contribution in [0.15, 0.2) is 12.1 Å². The Morgan fingerprint density at radius 1 is 1.64 bits per heavy atom. The lowest BCUT2D eigenvalue weighted by molar-refractivity contribution is 0.409. The van der Waals surface area contributed by atoms with Gasteiger partial charge in [0.25, 0.3) is 0 Å². The van der Waals surface area contributed by atoms with Crippen LogP contribution in [0.4, 0.5) is 4.39 Å². The molecule has 0 N–H and O–H groups in total. The van der Waals surface area contributed by atoms with Crippen LogP contribution >= 0.6 is 0 Å². The molecule has 0 unspecified atom stereocenters. The second-order valence-electron chi connectivity index (χ2n) is 1.86. The molecule has 0 fully saturated rings. The van der Waals surface area contributed by atoms with Gasteiger partial charge in [-0.15, -0.1) is 0 Å². The van der Waals surface area contributed by atoms with Crippen molar-refractivity contribution in [1.82, 2.24) is 0 Å². The number of hydrogen-bond acceptors (Lipinski definition) is 2. The van der Waals surface area contributed by atoms with Crippen molar-refractivity contribution in [2.75, 3.05) is 7.11 Å². The number of benzene rings is 1. The van der Waals surface area contributed by atoms with Gasteiger partial charge in [0.15, 0.2) is 0 Å². The summed E-state index contributed by atoms with van der Waals surface area (Å²) in [5.41, 5.74) is -0.0775. The van der Waals surface area contributed by atoms with E-state index in [1.807, 2.05) is 0 Å². The maximum absolute atomic E-state index is 12.7. The first-order valence-corrected chi connectivity index (χ1v) is 2.93. The molecule has 0 aliphatic heterocycles. The lowest BCUT2D eigenvalue weighted by Crippen LogP contribution is -1.90. The van der Waals surface area contributed by atoms with Crippen LogP contribution in [0, 0.1) is 23.2 Å². The standard InChI is InChI=1S/C8H5FNO/c1-11-8-4-2-3-7(9)6(8)5-10/h3-4H,1H3. The monoisotopic (exact) mass is 150 g/mol. The van der Waals surface area contributed by atoms with Gasteiger partial charge < -0.3 is 4.74 Å². The first-order valence-electron chi connectivity index (χ1n) is 2.93. The molecule has 0 heterocycles. The Morgan fingerprint density at radius 2 is 2.36 bits per heavy atom. The quantitative estimate of drug-likeness (QED) is 0.607. The van der Waals surface area contributed by atoms with Gasteiger partial charge in [-0.3, -0.25) is 0 Å². The van der Waals surface area contributed by atoms with Crippen molar-refractivity contribution in [3.8, 4) is 11.8 Å². The smallest absolute Gasteiger partial charge is 0.145 e. The molecule has 0 aromatic heterocycles. The van der Waals surface area contributed by atoms with Gasteiger partial charge in [-0.05, 0) is 18.2 Å². The Bertz CT molecular complexity index is 303. The van der Waals surface area contributed by atoms with Gasteiger partial charge >= 0.3 is 0 Å². The molecule has 0 aliphatic rings. The van der Waals surface area contributed by atoms with E-state index in [-0.39, 0.29) is 11.3 Å². The summed E-state index contributed by atoms with van der Waals surface area (Å²) in [6, 6.07) is 6.72. The molecule has 0 saturated carbocycles. The van der Waals surface area contributed by atoms with Crippen molar-refractivity contribution in [1.29, 1.82) is 5.26 Å². The molecule has 0 spiro atoms. The lowest BCUT2D eigenvalue weighted by Gasteiger charge is -2.00. The van der Waals surface area contributed by atoms with Crippen LogP contribution in [0.2, 0.25) is 0 Å². The molecule has 0 atom stereocenters. The summed E-state index contributed by atoms with van der Waals surface area (Å²) in [6.45, 7) is 0. The van der Waals surface area contributed by atoms with Crippen LogP contribution in [-0.2, 0) is 0 Å². The van der Waals surface area contributed by atoms with Gasteiger partial charge in [0.2, 0.25) is 0 Å². The van der Waals surface area contributed by atoms with Gasteiger partial charge in [-0.2, -0.15) is 5.26 Å². The van der Waals surface area contributed by atoms with Gasteiger partial charge in [0.05, 0.1) is 7.11 Å². The highest BCUT2D eigenvalue weighted by Crippen LogP contribution is 2.18. The summed E-state index contributed by atoms with van der Waals surface area (Å²) in [4.78, 5) is 0. The Labute approximate surface area is 63.8 Å². The number of halogens is 1. The number of ether oxygens (including phenoxy) is 1. The van der Waals surface area contributed by atoms with Crippen molar-refractivity contribution in [2.24, 2.45) is 0 Å². The molecule has 0 bridgehead atoms. The van der Waals surface area contributed by atoms with Gasteiger partial charge in [0, 0.05) is 0 Å². The average Bonchev–Trinajstić information content (AvgIpc) is 2.04. The number of nitriles is 1. The van der Waals surface area contributed by atoms with Crippen molar-refractivity contribution in [3.63, 3.8) is 0 Å². The Kier molecular flexibility index (Phi) is 2.07. The van der Waals surface area contributed by atoms with Crippen molar-refractivity contribution in [2.45, 2.75) is 0 Å². The molecular formula is C8H5FNO. The molecule has 0 amide bonds. The third-order valence-corrected chi connectivity index (χ3v) is 1.24. The molecule has 3 heteroatoms. The highest BCUT2D eigenvalue weighted by Gasteiger charge is 2.06. The van der Waals surface area contributed by atoms with Crippen LogP contribution in [0.25, 0.3) is 0 Å². The van der Waals surface area contributed by atoms with Crippen LogP contribution in [0.1, 0.15) is 5.56 Å². The number of hydrogen-bond donors (Lipinski definition) is 0. The molecule has 1 aromatic rings. The fourth-order valence-corrected chi connectivity index (χ4v) is 0.722. The zero-order chi connectivity index (χ0) is 8.27. The highest BCUT2D eigenvalue weighted by atomic mass is 19.1. The predicted octanol–water partition coefficient (Wildman–Crippen LogP) is 1.51. The number of rotatable bonds is 1. The minimum absolute atomic E-state index is 0.0775. The zero-order valence-electron chi connectivity index (χ0n) is 5.89. The molecule has 11 heavy (non-hydrogen) atoms. The molecule has 55 valence electrons. The number of methoxy groups -OCH3 is 1. The summed E-state index contributed by atoms with van der Waals surface area (Å²) < 4.78 is 17.4. The van der Waals surface area contributed by atoms with Gasteiger partial charge in [0.1, 0.15) is 23.2 Å². The normalized spacial score (nSPS) is 8.82. The Balaban J connectivity index is 3.27. The third kappa shape index (κ3) is 1.30. The van der Waals surface area contributed by atoms with E-state index in [1.165, 1.54) is 13.2 Å². The molecule has 1 radical (unpaired) electrons. The first-order chi connectivity index (χ1) is 5.29. The fourth-order valence-electron chi connectivity index (χ4n) is 0.722. The molecule has 0 saturated heterocycles. The van der Waals surface area contributed by atoms with Crippen LogP contribution < -0.4 is 4.74 Å². The van der Waals surface area contributed by atoms with E-state index in [0.29, 0.717) is 0 Å². The Morgan fingerprint density at radius 3 is 2.82 bits per heavy atom. The number of nitrogens with zero attached hydrogens (tertiary/aromatic N) is 1. The maximum atomic E-state index is 12.7. The molecule has 2 nitrogen and oxygen atoms in total. The van der Waals surface area contributed by atoms with Crippen LogP contribution in [0.5, 0.6) is 5.75 Å². The van der Waals surface area contributed by atoms with Gasteiger partial charge in [-0.1, -0.05) is 0 Å². The minimum Gasteiger partial charge on any atom is -0.495 e. The summed E-state index contributed by atoms with van der Waals surface area (Å²) in [6.07, 6.45) is 0. The topological polar surface area (TPSA) is 33.0 Å². The zero-order valence-corrected chi connectivity index (χ0v) is 5.89. The summed E-state index contributed by atoms with van der Waals surface area (Å²) in [7, 11) is 1.38. The third-order valence-electron chi connectivity index (χ3n) is 1.24. The SMILES string of the molecule is COc1c[c]cc(F)c1C#N. The predicted molar refractivity (Wildman–Crippen MR) is 36.5 cm³/mol. The maximum Gasteiger partial charge on any atom is 0.145 e. The lowest BCUT2D eigenvalue weighted by atomic mass is 10.2. The van der Waals surface area contributed by atoms with E-state index < -0.39 is 5.82 Å². The minimum atomic E-state index is -0.605. The second kappa shape index (κ2) is 3.02. The van der Waals surface area contributed by atoms with Crippen molar-refractivity contribution >= 4 is 0 Å². The van der Waals surface area contributed by atoms with E-state index in [2.05, 4.69) is 6.07 Å². The van der Waals surface area contributed by atoms with E-state index in [1.54, 1.807) is 6.07 Å².